The van der Waals surface area contributed by atoms with Gasteiger partial charge in [0.05, 0.1) is 12.0 Å². The molecule has 0 radical (unpaired) electrons. The molecule has 68 valence electrons. The van der Waals surface area contributed by atoms with Crippen LogP contribution in [0.2, 0.25) is 0 Å². The van der Waals surface area contributed by atoms with Gasteiger partial charge in [0.1, 0.15) is 0 Å². The zero-order chi connectivity index (χ0) is 9.19. The third-order valence-corrected chi connectivity index (χ3v) is 1.89. The molecule has 0 saturated carbocycles. The molecule has 5 heteroatoms. The maximum atomic E-state index is 5.21. The molecule has 0 aromatic carbocycles. The Morgan fingerprint density at radius 3 is 2.58 bits per heavy atom. The average Bonchev–Trinajstić information content (AvgIpc) is 2.35. The first-order valence-electron chi connectivity index (χ1n) is 3.56. The van der Waals surface area contributed by atoms with E-state index in [1.165, 1.54) is 0 Å². The van der Waals surface area contributed by atoms with Gasteiger partial charge in [0.25, 0.3) is 4.80 Å². The van der Waals surface area contributed by atoms with Crippen LogP contribution in [0.1, 0.15) is 19.7 Å². The third-order valence-electron chi connectivity index (χ3n) is 1.57. The molecule has 0 unspecified atom stereocenters. The molecule has 0 N–H and O–H groups in total. The largest absolute Gasteiger partial charge is 0.416 e. The number of ether oxygens (including phenoxy) is 1. The Kier molecular flexibility index (Phi) is 2.85. The number of rotatable bonds is 3. The van der Waals surface area contributed by atoms with Crippen LogP contribution in [0.15, 0.2) is 9.22 Å². The molecule has 0 amide bonds. The topological polar surface area (TPSA) is 48.2 Å². The highest BCUT2D eigenvalue weighted by Gasteiger charge is 2.20. The minimum Gasteiger partial charge on any atom is -0.416 e. The summed E-state index contributed by atoms with van der Waals surface area (Å²) in [5.41, 5.74) is -0.258. The van der Waals surface area contributed by atoms with E-state index in [1.54, 1.807) is 7.11 Å². The van der Waals surface area contributed by atoms with Gasteiger partial charge in [-0.05, 0) is 13.8 Å². The number of halogens is 1. The maximum absolute atomic E-state index is 5.21. The summed E-state index contributed by atoms with van der Waals surface area (Å²) >= 11 is 3.08. The average molecular weight is 235 g/mol. The molecule has 1 heterocycles. The van der Waals surface area contributed by atoms with Crippen molar-refractivity contribution in [2.75, 3.05) is 7.11 Å². The number of aromatic nitrogens is 2. The highest BCUT2D eigenvalue weighted by molar-refractivity contribution is 9.10. The summed E-state index contributed by atoms with van der Waals surface area (Å²) in [4.78, 5) is 0.407. The quantitative estimate of drug-likeness (QED) is 0.801. The van der Waals surface area contributed by atoms with Gasteiger partial charge in [0, 0.05) is 23.0 Å². The summed E-state index contributed by atoms with van der Waals surface area (Å²) in [6.07, 6.45) is 0.613. The molecule has 0 aliphatic carbocycles. The van der Waals surface area contributed by atoms with Gasteiger partial charge < -0.3 is 9.15 Å². The highest BCUT2D eigenvalue weighted by Crippen LogP contribution is 2.16. The molecule has 0 spiro atoms. The van der Waals surface area contributed by atoms with E-state index in [2.05, 4.69) is 26.1 Å². The lowest BCUT2D eigenvalue weighted by Gasteiger charge is -2.19. The molecular formula is C7H11BrN2O2. The Morgan fingerprint density at radius 1 is 1.50 bits per heavy atom. The van der Waals surface area contributed by atoms with Crippen LogP contribution in [0.5, 0.6) is 0 Å². The van der Waals surface area contributed by atoms with Gasteiger partial charge in [-0.25, -0.2) is 0 Å². The molecule has 0 fully saturated rings. The van der Waals surface area contributed by atoms with Crippen molar-refractivity contribution in [1.29, 1.82) is 0 Å². The molecule has 0 saturated heterocycles. The minimum atomic E-state index is -0.258. The highest BCUT2D eigenvalue weighted by atomic mass is 79.9. The van der Waals surface area contributed by atoms with Crippen molar-refractivity contribution in [3.05, 3.63) is 10.7 Å². The fourth-order valence-corrected chi connectivity index (χ4v) is 1.01. The van der Waals surface area contributed by atoms with E-state index in [0.29, 0.717) is 17.1 Å². The molecular weight excluding hydrogens is 224 g/mol. The van der Waals surface area contributed by atoms with Crippen LogP contribution in [0, 0.1) is 0 Å². The van der Waals surface area contributed by atoms with Crippen LogP contribution in [0.4, 0.5) is 0 Å². The van der Waals surface area contributed by atoms with Crippen molar-refractivity contribution in [1.82, 2.24) is 10.2 Å². The predicted molar refractivity (Wildman–Crippen MR) is 46.8 cm³/mol. The van der Waals surface area contributed by atoms with Gasteiger partial charge in [-0.1, -0.05) is 0 Å². The second-order valence-corrected chi connectivity index (χ2v) is 3.77. The van der Waals surface area contributed by atoms with Gasteiger partial charge in [0.2, 0.25) is 5.89 Å². The van der Waals surface area contributed by atoms with Crippen molar-refractivity contribution < 1.29 is 9.15 Å². The van der Waals surface area contributed by atoms with Crippen molar-refractivity contribution in [2.24, 2.45) is 0 Å². The minimum absolute atomic E-state index is 0.258. The molecule has 0 bridgehead atoms. The zero-order valence-corrected chi connectivity index (χ0v) is 8.88. The Bertz CT molecular complexity index is 260. The number of methoxy groups -OCH3 is 1. The lowest BCUT2D eigenvalue weighted by molar-refractivity contribution is 0.0179. The van der Waals surface area contributed by atoms with E-state index in [0.717, 1.165) is 0 Å². The Balaban J connectivity index is 2.63. The van der Waals surface area contributed by atoms with Crippen molar-refractivity contribution >= 4 is 15.9 Å². The lowest BCUT2D eigenvalue weighted by Crippen LogP contribution is -2.25. The van der Waals surface area contributed by atoms with E-state index in [1.807, 2.05) is 13.8 Å². The summed E-state index contributed by atoms with van der Waals surface area (Å²) in [5.74, 6) is 0.578. The predicted octanol–water partition coefficient (Wildman–Crippen LogP) is 1.80. The Hall–Kier alpha value is -0.420. The van der Waals surface area contributed by atoms with Gasteiger partial charge in [0.15, 0.2) is 0 Å². The zero-order valence-electron chi connectivity index (χ0n) is 7.30. The van der Waals surface area contributed by atoms with E-state index >= 15 is 0 Å². The second kappa shape index (κ2) is 3.53. The van der Waals surface area contributed by atoms with E-state index in [9.17, 15) is 0 Å². The van der Waals surface area contributed by atoms with Crippen molar-refractivity contribution in [3.63, 3.8) is 0 Å². The fraction of sp³-hybridized carbons (Fsp3) is 0.714. The first-order chi connectivity index (χ1) is 5.53. The summed E-state index contributed by atoms with van der Waals surface area (Å²) in [7, 11) is 1.66. The van der Waals surface area contributed by atoms with Gasteiger partial charge in [-0.15, -0.1) is 10.2 Å². The second-order valence-electron chi connectivity index (χ2n) is 3.09. The number of hydrogen-bond acceptors (Lipinski definition) is 4. The van der Waals surface area contributed by atoms with E-state index in [4.69, 9.17) is 9.15 Å². The van der Waals surface area contributed by atoms with Crippen LogP contribution < -0.4 is 0 Å². The molecule has 4 nitrogen and oxygen atoms in total. The van der Waals surface area contributed by atoms with Crippen molar-refractivity contribution in [3.8, 4) is 0 Å². The van der Waals surface area contributed by atoms with E-state index < -0.39 is 0 Å². The van der Waals surface area contributed by atoms with Crippen LogP contribution in [0.25, 0.3) is 0 Å². The summed E-state index contributed by atoms with van der Waals surface area (Å²) in [5, 5.41) is 7.48. The van der Waals surface area contributed by atoms with E-state index in [-0.39, 0.29) is 5.60 Å². The van der Waals surface area contributed by atoms with Gasteiger partial charge >= 0.3 is 0 Å². The van der Waals surface area contributed by atoms with Crippen LogP contribution >= 0.6 is 15.9 Å². The number of nitrogens with zero attached hydrogens (tertiary/aromatic N) is 2. The summed E-state index contributed by atoms with van der Waals surface area (Å²) in [6.45, 7) is 3.93. The van der Waals surface area contributed by atoms with Crippen LogP contribution in [-0.4, -0.2) is 22.9 Å². The number of hydrogen-bond donors (Lipinski definition) is 0. The third kappa shape index (κ3) is 2.57. The fourth-order valence-electron chi connectivity index (χ4n) is 0.741. The molecule has 0 aliphatic heterocycles. The van der Waals surface area contributed by atoms with Gasteiger partial charge in [-0.3, -0.25) is 0 Å². The molecule has 12 heavy (non-hydrogen) atoms. The summed E-state index contributed by atoms with van der Waals surface area (Å²) < 4.78 is 10.3. The normalized spacial score (nSPS) is 12.0. The molecule has 1 aromatic heterocycles. The summed E-state index contributed by atoms with van der Waals surface area (Å²) in [6, 6.07) is 0. The molecule has 0 atom stereocenters. The van der Waals surface area contributed by atoms with Crippen LogP contribution in [0.3, 0.4) is 0 Å². The SMILES string of the molecule is COC(C)(C)Cc1nnc(Br)o1. The molecule has 1 rings (SSSR count). The van der Waals surface area contributed by atoms with Crippen molar-refractivity contribution in [2.45, 2.75) is 25.9 Å². The van der Waals surface area contributed by atoms with Gasteiger partial charge in [-0.2, -0.15) is 0 Å². The monoisotopic (exact) mass is 234 g/mol. The molecule has 1 aromatic rings. The standard InChI is InChI=1S/C7H11BrN2O2/c1-7(2,11-3)4-5-9-10-6(8)12-5/h4H2,1-3H3. The Morgan fingerprint density at radius 2 is 2.17 bits per heavy atom. The first kappa shape index (κ1) is 9.67. The van der Waals surface area contributed by atoms with Crippen LogP contribution in [-0.2, 0) is 11.2 Å². The smallest absolute Gasteiger partial charge is 0.284 e. The molecule has 0 aliphatic rings. The first-order valence-corrected chi connectivity index (χ1v) is 4.36. The maximum Gasteiger partial charge on any atom is 0.284 e. The Labute approximate surface area is 79.4 Å². The lowest BCUT2D eigenvalue weighted by atomic mass is 10.1.